The van der Waals surface area contributed by atoms with Crippen molar-refractivity contribution in [2.24, 2.45) is 0 Å². The van der Waals surface area contributed by atoms with Gasteiger partial charge >= 0.3 is 5.97 Å². The number of aryl methyl sites for hydroxylation is 1. The number of benzene rings is 2. The molecule has 0 bridgehead atoms. The van der Waals surface area contributed by atoms with Crippen LogP contribution in [0.15, 0.2) is 54.6 Å². The Morgan fingerprint density at radius 1 is 1.09 bits per heavy atom. The van der Waals surface area contributed by atoms with Crippen LogP contribution >= 0.6 is 0 Å². The van der Waals surface area contributed by atoms with Gasteiger partial charge in [-0.15, -0.1) is 0 Å². The van der Waals surface area contributed by atoms with E-state index in [9.17, 15) is 4.79 Å². The number of ether oxygens (including phenoxy) is 1. The second kappa shape index (κ2) is 7.12. The summed E-state index contributed by atoms with van der Waals surface area (Å²) in [5, 5.41) is 3.39. The third-order valence-corrected chi connectivity index (χ3v) is 4.13. The van der Waals surface area contributed by atoms with Gasteiger partial charge in [0.2, 0.25) is 0 Å². The van der Waals surface area contributed by atoms with Crippen molar-refractivity contribution >= 4 is 11.7 Å². The Morgan fingerprint density at radius 2 is 1.86 bits per heavy atom. The first-order chi connectivity index (χ1) is 10.8. The lowest BCUT2D eigenvalue weighted by molar-refractivity contribution is -0.143. The maximum absolute atomic E-state index is 11.8. The largest absolute Gasteiger partial charge is 0.466 e. The summed E-state index contributed by atoms with van der Waals surface area (Å²) in [5.41, 5.74) is 3.72. The van der Waals surface area contributed by atoms with E-state index >= 15 is 0 Å². The highest BCUT2D eigenvalue weighted by Crippen LogP contribution is 2.32. The number of carbonyl (C=O) groups excluding carboxylic acids is 1. The Kier molecular flexibility index (Phi) is 4.74. The van der Waals surface area contributed by atoms with Crippen molar-refractivity contribution in [2.75, 3.05) is 18.5 Å². The summed E-state index contributed by atoms with van der Waals surface area (Å²) >= 11 is 0. The minimum absolute atomic E-state index is 0.108. The Labute approximate surface area is 131 Å². The average molecular weight is 295 g/mol. The number of esters is 1. The molecule has 0 aliphatic carbocycles. The van der Waals surface area contributed by atoms with Crippen molar-refractivity contribution in [3.05, 3.63) is 65.7 Å². The Balaban J connectivity index is 1.39. The Morgan fingerprint density at radius 3 is 2.73 bits per heavy atom. The number of anilines is 1. The lowest BCUT2D eigenvalue weighted by Gasteiger charge is -2.10. The molecule has 1 unspecified atom stereocenters. The summed E-state index contributed by atoms with van der Waals surface area (Å²) in [6, 6.07) is 18.4. The van der Waals surface area contributed by atoms with Gasteiger partial charge in [-0.25, -0.2) is 0 Å². The van der Waals surface area contributed by atoms with Gasteiger partial charge in [0.25, 0.3) is 0 Å². The fourth-order valence-electron chi connectivity index (χ4n) is 2.89. The lowest BCUT2D eigenvalue weighted by Crippen LogP contribution is -2.11. The maximum Gasteiger partial charge on any atom is 0.306 e. The van der Waals surface area contributed by atoms with Gasteiger partial charge in [-0.1, -0.05) is 48.5 Å². The predicted octanol–water partition coefficient (Wildman–Crippen LogP) is 3.76. The molecule has 3 heteroatoms. The Hall–Kier alpha value is -2.29. The van der Waals surface area contributed by atoms with E-state index in [1.54, 1.807) is 0 Å². The second-order valence-electron chi connectivity index (χ2n) is 5.66. The van der Waals surface area contributed by atoms with Gasteiger partial charge < -0.3 is 10.1 Å². The van der Waals surface area contributed by atoms with Crippen LogP contribution in [0.5, 0.6) is 0 Å². The highest BCUT2D eigenvalue weighted by atomic mass is 16.5. The van der Waals surface area contributed by atoms with Gasteiger partial charge in [0.15, 0.2) is 0 Å². The summed E-state index contributed by atoms with van der Waals surface area (Å²) in [6.45, 7) is 1.43. The Bertz CT molecular complexity index is 624. The first-order valence-corrected chi connectivity index (χ1v) is 7.85. The van der Waals surface area contributed by atoms with Crippen LogP contribution in [0.2, 0.25) is 0 Å². The van der Waals surface area contributed by atoms with E-state index in [1.165, 1.54) is 16.8 Å². The molecule has 114 valence electrons. The zero-order valence-electron chi connectivity index (χ0n) is 12.6. The average Bonchev–Trinajstić information content (AvgIpc) is 2.97. The zero-order valence-corrected chi connectivity index (χ0v) is 12.6. The van der Waals surface area contributed by atoms with Gasteiger partial charge in [-0.2, -0.15) is 0 Å². The molecule has 2 aromatic carbocycles. The summed E-state index contributed by atoms with van der Waals surface area (Å²) < 4.78 is 5.37. The van der Waals surface area contributed by atoms with E-state index in [-0.39, 0.29) is 5.97 Å². The predicted molar refractivity (Wildman–Crippen MR) is 88.0 cm³/mol. The number of nitrogens with one attached hydrogen (secondary N) is 1. The van der Waals surface area contributed by atoms with E-state index in [0.29, 0.717) is 18.9 Å². The number of rotatable bonds is 6. The van der Waals surface area contributed by atoms with Gasteiger partial charge in [-0.05, 0) is 30.0 Å². The molecule has 2 aromatic rings. The van der Waals surface area contributed by atoms with Crippen LogP contribution in [0, 0.1) is 0 Å². The molecule has 0 amide bonds. The van der Waals surface area contributed by atoms with Crippen LogP contribution < -0.4 is 5.32 Å². The third kappa shape index (κ3) is 3.67. The van der Waals surface area contributed by atoms with Gasteiger partial charge in [-0.3, -0.25) is 4.79 Å². The molecule has 1 heterocycles. The maximum atomic E-state index is 11.8. The molecule has 0 radical (unpaired) electrons. The minimum atomic E-state index is -0.108. The summed E-state index contributed by atoms with van der Waals surface area (Å²) in [6.07, 6.45) is 2.07. The molecule has 0 saturated heterocycles. The molecule has 1 atom stereocenters. The molecule has 1 aliphatic rings. The SMILES string of the molecule is O=C(CCc1ccccc1)OCCC1CNc2ccccc21. The van der Waals surface area contributed by atoms with Crippen LogP contribution in [0.1, 0.15) is 29.9 Å². The molecule has 0 saturated carbocycles. The van der Waals surface area contributed by atoms with Crippen molar-refractivity contribution in [1.82, 2.24) is 0 Å². The van der Waals surface area contributed by atoms with E-state index < -0.39 is 0 Å². The molecular formula is C19H21NO2. The van der Waals surface area contributed by atoms with Gasteiger partial charge in [0.05, 0.1) is 6.61 Å². The van der Waals surface area contributed by atoms with Crippen LogP contribution in [-0.2, 0) is 16.0 Å². The zero-order chi connectivity index (χ0) is 15.2. The van der Waals surface area contributed by atoms with Crippen molar-refractivity contribution < 1.29 is 9.53 Å². The number of hydrogen-bond donors (Lipinski definition) is 1. The first-order valence-electron chi connectivity index (χ1n) is 7.85. The molecule has 22 heavy (non-hydrogen) atoms. The number of carbonyl (C=O) groups is 1. The van der Waals surface area contributed by atoms with E-state index in [0.717, 1.165) is 19.4 Å². The smallest absolute Gasteiger partial charge is 0.306 e. The molecule has 1 aliphatic heterocycles. The van der Waals surface area contributed by atoms with E-state index in [4.69, 9.17) is 4.74 Å². The second-order valence-corrected chi connectivity index (χ2v) is 5.66. The molecule has 1 N–H and O–H groups in total. The first kappa shape index (κ1) is 14.6. The van der Waals surface area contributed by atoms with Gasteiger partial charge in [0.1, 0.15) is 0 Å². The molecule has 3 nitrogen and oxygen atoms in total. The third-order valence-electron chi connectivity index (χ3n) is 4.13. The standard InChI is InChI=1S/C19H21NO2/c21-19(11-10-15-6-2-1-3-7-15)22-13-12-16-14-20-18-9-5-4-8-17(16)18/h1-9,16,20H,10-14H2. The summed E-state index contributed by atoms with van der Waals surface area (Å²) in [4.78, 5) is 11.8. The summed E-state index contributed by atoms with van der Waals surface area (Å²) in [7, 11) is 0. The van der Waals surface area contributed by atoms with Gasteiger partial charge in [0, 0.05) is 24.6 Å². The topological polar surface area (TPSA) is 38.3 Å². The number of hydrogen-bond acceptors (Lipinski definition) is 3. The quantitative estimate of drug-likeness (QED) is 0.825. The highest BCUT2D eigenvalue weighted by Gasteiger charge is 2.21. The molecule has 0 spiro atoms. The van der Waals surface area contributed by atoms with Crippen LogP contribution in [0.3, 0.4) is 0 Å². The fourth-order valence-corrected chi connectivity index (χ4v) is 2.89. The van der Waals surface area contributed by atoms with E-state index in [1.807, 2.05) is 36.4 Å². The monoisotopic (exact) mass is 295 g/mol. The van der Waals surface area contributed by atoms with Crippen LogP contribution in [-0.4, -0.2) is 19.1 Å². The number of fused-ring (bicyclic) bond motifs is 1. The molecule has 0 aromatic heterocycles. The molecule has 0 fully saturated rings. The highest BCUT2D eigenvalue weighted by molar-refractivity contribution is 5.69. The lowest BCUT2D eigenvalue weighted by atomic mass is 9.98. The normalized spacial score (nSPS) is 15.9. The molecule has 3 rings (SSSR count). The minimum Gasteiger partial charge on any atom is -0.466 e. The van der Waals surface area contributed by atoms with Crippen LogP contribution in [0.25, 0.3) is 0 Å². The van der Waals surface area contributed by atoms with Crippen LogP contribution in [0.4, 0.5) is 5.69 Å². The van der Waals surface area contributed by atoms with E-state index in [2.05, 4.69) is 23.5 Å². The number of para-hydroxylation sites is 1. The fraction of sp³-hybridized carbons (Fsp3) is 0.316. The summed E-state index contributed by atoms with van der Waals surface area (Å²) in [5.74, 6) is 0.334. The van der Waals surface area contributed by atoms with Crippen molar-refractivity contribution in [1.29, 1.82) is 0 Å². The van der Waals surface area contributed by atoms with Crippen molar-refractivity contribution in [3.63, 3.8) is 0 Å². The van der Waals surface area contributed by atoms with Crippen molar-refractivity contribution in [3.8, 4) is 0 Å². The molecular weight excluding hydrogens is 274 g/mol. The van der Waals surface area contributed by atoms with Crippen molar-refractivity contribution in [2.45, 2.75) is 25.2 Å².